The van der Waals surface area contributed by atoms with E-state index in [4.69, 9.17) is 0 Å². The summed E-state index contributed by atoms with van der Waals surface area (Å²) < 4.78 is 0. The van der Waals surface area contributed by atoms with Crippen molar-refractivity contribution in [3.63, 3.8) is 0 Å². The number of fused-ring (bicyclic) bond motifs is 1. The van der Waals surface area contributed by atoms with Gasteiger partial charge in [0.05, 0.1) is 10.6 Å². The molecule has 2 aromatic heterocycles. The van der Waals surface area contributed by atoms with Crippen LogP contribution in [0.5, 0.6) is 0 Å². The molecule has 2 N–H and O–H groups in total. The summed E-state index contributed by atoms with van der Waals surface area (Å²) in [5.41, 5.74) is 6.50. The highest BCUT2D eigenvalue weighted by Gasteiger charge is 2.19. The van der Waals surface area contributed by atoms with E-state index in [1.165, 1.54) is 23.3 Å². The first-order valence-corrected chi connectivity index (χ1v) is 15.4. The maximum atomic E-state index is 13.2. The summed E-state index contributed by atoms with van der Waals surface area (Å²) in [6, 6.07) is 12.4. The van der Waals surface area contributed by atoms with Gasteiger partial charge in [-0.3, -0.25) is 14.5 Å². The van der Waals surface area contributed by atoms with Gasteiger partial charge in [-0.15, -0.1) is 11.3 Å². The Morgan fingerprint density at radius 3 is 2.56 bits per heavy atom. The van der Waals surface area contributed by atoms with Gasteiger partial charge in [0.2, 0.25) is 0 Å². The minimum absolute atomic E-state index is 0.00135. The first-order valence-electron chi connectivity index (χ1n) is 14.6. The molecule has 0 bridgehead atoms. The number of anilines is 2. The zero-order valence-corrected chi connectivity index (χ0v) is 26.0. The predicted molar refractivity (Wildman–Crippen MR) is 172 cm³/mol. The molecule has 4 rings (SSSR count). The van der Waals surface area contributed by atoms with E-state index < -0.39 is 0 Å². The molecule has 0 atom stereocenters. The Labute approximate surface area is 248 Å². The van der Waals surface area contributed by atoms with Crippen molar-refractivity contribution in [2.45, 2.75) is 79.3 Å². The van der Waals surface area contributed by atoms with Crippen molar-refractivity contribution in [1.29, 1.82) is 0 Å². The molecule has 0 radical (unpaired) electrons. The van der Waals surface area contributed by atoms with Crippen LogP contribution in [0.15, 0.2) is 60.4 Å². The maximum absolute atomic E-state index is 13.2. The third kappa shape index (κ3) is 7.60. The number of nitrogens with one attached hydrogen (secondary N) is 2. The Balaban J connectivity index is 1.55. The van der Waals surface area contributed by atoms with Gasteiger partial charge in [0, 0.05) is 35.8 Å². The zero-order valence-electron chi connectivity index (χ0n) is 25.1. The molecule has 1 aromatic carbocycles. The van der Waals surface area contributed by atoms with Crippen molar-refractivity contribution in [3.8, 4) is 0 Å². The lowest BCUT2D eigenvalue weighted by Gasteiger charge is -2.20. The minimum atomic E-state index is -0.0696. The Kier molecular flexibility index (Phi) is 10.3. The Morgan fingerprint density at radius 2 is 1.90 bits per heavy atom. The lowest BCUT2D eigenvalue weighted by atomic mass is 9.97. The fraction of sp³-hybridized carbons (Fsp3) is 0.382. The molecule has 0 saturated carbocycles. The molecule has 1 aliphatic rings. The summed E-state index contributed by atoms with van der Waals surface area (Å²) in [5.74, 6) is 0.555. The molecular weight excluding hydrogens is 528 g/mol. The van der Waals surface area contributed by atoms with Crippen LogP contribution in [-0.2, 0) is 24.2 Å². The van der Waals surface area contributed by atoms with Crippen molar-refractivity contribution < 1.29 is 9.59 Å². The van der Waals surface area contributed by atoms with Crippen LogP contribution in [0.1, 0.15) is 83.8 Å². The summed E-state index contributed by atoms with van der Waals surface area (Å²) >= 11 is 1.62. The quantitative estimate of drug-likeness (QED) is 0.182. The molecular formula is C34H42N4O2S. The van der Waals surface area contributed by atoms with E-state index in [0.717, 1.165) is 52.2 Å². The molecule has 0 saturated heterocycles. The number of pyridine rings is 1. The molecule has 1 aliphatic carbocycles. The highest BCUT2D eigenvalue weighted by molar-refractivity contribution is 7.14. The van der Waals surface area contributed by atoms with Crippen LogP contribution < -0.4 is 10.6 Å². The average molecular weight is 571 g/mol. The van der Waals surface area contributed by atoms with E-state index in [0.29, 0.717) is 24.0 Å². The second-order valence-corrected chi connectivity index (χ2v) is 12.1. The van der Waals surface area contributed by atoms with Gasteiger partial charge in [-0.1, -0.05) is 31.2 Å². The van der Waals surface area contributed by atoms with Gasteiger partial charge in [0.15, 0.2) is 5.78 Å². The summed E-state index contributed by atoms with van der Waals surface area (Å²) in [4.78, 5) is 35.1. The van der Waals surface area contributed by atoms with Crippen molar-refractivity contribution >= 4 is 40.1 Å². The van der Waals surface area contributed by atoms with Gasteiger partial charge >= 0.3 is 0 Å². The van der Waals surface area contributed by atoms with Crippen LogP contribution in [0.4, 0.5) is 11.5 Å². The highest BCUT2D eigenvalue weighted by Crippen LogP contribution is 2.32. The van der Waals surface area contributed by atoms with E-state index in [2.05, 4.69) is 47.5 Å². The Bertz CT molecular complexity index is 1430. The first kappa shape index (κ1) is 30.4. The molecule has 0 fully saturated rings. The first-order chi connectivity index (χ1) is 19.7. The SMILES string of the molecule is C/C=C(\C=C(\Nc1ccc(CN(C)C(C)C)cn1)C(=O)CC)c1cccc(NC(=O)c2cc3c(s2)CCCC3)c1C. The lowest BCUT2D eigenvalue weighted by Crippen LogP contribution is -2.25. The number of thiophene rings is 1. The number of ketones is 1. The third-order valence-electron chi connectivity index (χ3n) is 7.75. The van der Waals surface area contributed by atoms with Gasteiger partial charge in [-0.25, -0.2) is 4.98 Å². The predicted octanol–water partition coefficient (Wildman–Crippen LogP) is 7.80. The van der Waals surface area contributed by atoms with Gasteiger partial charge in [-0.05, 0) is 113 Å². The normalized spacial score (nSPS) is 13.9. The van der Waals surface area contributed by atoms with Crippen LogP contribution in [0.25, 0.3) is 5.57 Å². The number of carbonyl (C=O) groups is 2. The van der Waals surface area contributed by atoms with Crippen LogP contribution in [-0.4, -0.2) is 34.7 Å². The van der Waals surface area contributed by atoms with E-state index in [-0.39, 0.29) is 11.7 Å². The Hall–Kier alpha value is -3.55. The van der Waals surface area contributed by atoms with Crippen LogP contribution in [0, 0.1) is 6.92 Å². The number of benzene rings is 1. The van der Waals surface area contributed by atoms with Gasteiger partial charge in [0.25, 0.3) is 5.91 Å². The molecule has 0 aliphatic heterocycles. The largest absolute Gasteiger partial charge is 0.337 e. The van der Waals surface area contributed by atoms with Crippen LogP contribution in [0.3, 0.4) is 0 Å². The molecule has 1 amide bonds. The standard InChI is InChI=1S/C34H42N4O2S/c1-7-25(18-29(30(39)8-2)36-33-17-16-24(20-35-33)21-38(6)22(3)4)27-13-11-14-28(23(27)5)37-34(40)32-19-26-12-9-10-15-31(26)41-32/h7,11,13-14,16-20,22H,8-10,12,15,21H2,1-6H3,(H,35,36)(H,37,40)/b25-7+,29-18+. The number of aromatic nitrogens is 1. The van der Waals surface area contributed by atoms with E-state index >= 15 is 0 Å². The minimum Gasteiger partial charge on any atom is -0.337 e. The number of amides is 1. The topological polar surface area (TPSA) is 74.3 Å². The number of aryl methyl sites for hydroxylation is 2. The van der Waals surface area contributed by atoms with Gasteiger partial charge in [0.1, 0.15) is 5.82 Å². The smallest absolute Gasteiger partial charge is 0.265 e. The van der Waals surface area contributed by atoms with Crippen molar-refractivity contribution in [2.75, 3.05) is 17.7 Å². The number of allylic oxidation sites excluding steroid dienone is 4. The van der Waals surface area contributed by atoms with Gasteiger partial charge in [-0.2, -0.15) is 0 Å². The second kappa shape index (κ2) is 13.9. The number of hydrogen-bond donors (Lipinski definition) is 2. The second-order valence-electron chi connectivity index (χ2n) is 11.0. The van der Waals surface area contributed by atoms with Gasteiger partial charge < -0.3 is 10.6 Å². The monoisotopic (exact) mass is 570 g/mol. The molecule has 3 aromatic rings. The fourth-order valence-corrected chi connectivity index (χ4v) is 6.07. The molecule has 41 heavy (non-hydrogen) atoms. The van der Waals surface area contributed by atoms with E-state index in [9.17, 15) is 9.59 Å². The summed E-state index contributed by atoms with van der Waals surface area (Å²) in [6.07, 6.45) is 10.6. The number of carbonyl (C=O) groups excluding carboxylic acids is 2. The average Bonchev–Trinajstić information content (AvgIpc) is 3.41. The fourth-order valence-electron chi connectivity index (χ4n) is 4.92. The summed E-state index contributed by atoms with van der Waals surface area (Å²) in [6.45, 7) is 11.0. The number of nitrogens with zero attached hydrogens (tertiary/aromatic N) is 2. The molecule has 0 unspecified atom stereocenters. The molecule has 7 heteroatoms. The van der Waals surface area contributed by atoms with Crippen molar-refractivity contribution in [2.24, 2.45) is 0 Å². The lowest BCUT2D eigenvalue weighted by molar-refractivity contribution is -0.115. The van der Waals surface area contributed by atoms with E-state index in [1.54, 1.807) is 11.3 Å². The number of Topliss-reactive ketones (excluding diaryl/α,β-unsaturated/α-hetero) is 1. The van der Waals surface area contributed by atoms with Crippen LogP contribution >= 0.6 is 11.3 Å². The summed E-state index contributed by atoms with van der Waals surface area (Å²) in [7, 11) is 2.09. The maximum Gasteiger partial charge on any atom is 0.265 e. The number of rotatable bonds is 11. The summed E-state index contributed by atoms with van der Waals surface area (Å²) in [5, 5.41) is 6.39. The van der Waals surface area contributed by atoms with Crippen LogP contribution in [0.2, 0.25) is 0 Å². The van der Waals surface area contributed by atoms with Crippen molar-refractivity contribution in [3.05, 3.63) is 92.5 Å². The Morgan fingerprint density at radius 1 is 1.12 bits per heavy atom. The molecule has 6 nitrogen and oxygen atoms in total. The number of hydrogen-bond acceptors (Lipinski definition) is 6. The third-order valence-corrected chi connectivity index (χ3v) is 8.98. The molecule has 2 heterocycles. The van der Waals surface area contributed by atoms with Crippen molar-refractivity contribution in [1.82, 2.24) is 9.88 Å². The van der Waals surface area contributed by atoms with E-state index in [1.807, 2.05) is 69.5 Å². The molecule has 0 spiro atoms. The zero-order chi connectivity index (χ0) is 29.5. The highest BCUT2D eigenvalue weighted by atomic mass is 32.1. The molecule has 216 valence electrons.